The van der Waals surface area contributed by atoms with Gasteiger partial charge in [0.05, 0.1) is 17.3 Å². The number of hydrogen-bond donors (Lipinski definition) is 2. The number of anilines is 2. The van der Waals surface area contributed by atoms with Gasteiger partial charge in [0.15, 0.2) is 0 Å². The van der Waals surface area contributed by atoms with Gasteiger partial charge in [-0.05, 0) is 18.2 Å². The third-order valence-corrected chi connectivity index (χ3v) is 2.14. The summed E-state index contributed by atoms with van der Waals surface area (Å²) in [5, 5.41) is 10.4. The third kappa shape index (κ3) is 2.29. The molecule has 0 saturated heterocycles. The highest BCUT2D eigenvalue weighted by atomic mass is 35.5. The largest absolute Gasteiger partial charge is 0.406 e. The summed E-state index contributed by atoms with van der Waals surface area (Å²) in [5.74, 6) is -0.125. The monoisotopic (exact) mass is 242 g/mol. The lowest BCUT2D eigenvalue weighted by atomic mass is 10.3. The zero-order valence-corrected chi connectivity index (χ0v) is 8.83. The van der Waals surface area contributed by atoms with E-state index >= 15 is 0 Å². The maximum atomic E-state index is 12.9. The van der Waals surface area contributed by atoms with Crippen molar-refractivity contribution in [2.24, 2.45) is 5.73 Å². The topological polar surface area (TPSA) is 77.0 Å². The van der Waals surface area contributed by atoms with Gasteiger partial charge in [-0.1, -0.05) is 16.7 Å². The number of halogens is 2. The minimum absolute atomic E-state index is 0.118. The maximum absolute atomic E-state index is 12.9. The van der Waals surface area contributed by atoms with Gasteiger partial charge in [-0.15, -0.1) is 5.10 Å². The van der Waals surface area contributed by atoms with Gasteiger partial charge < -0.3 is 15.5 Å². The molecule has 0 radical (unpaired) electrons. The minimum Gasteiger partial charge on any atom is -0.406 e. The maximum Gasteiger partial charge on any atom is 0.320 e. The highest BCUT2D eigenvalue weighted by Gasteiger charge is 2.07. The Morgan fingerprint density at radius 1 is 1.44 bits per heavy atom. The fraction of sp³-hybridized carbons (Fsp3) is 0.111. The van der Waals surface area contributed by atoms with E-state index in [-0.39, 0.29) is 18.5 Å². The summed E-state index contributed by atoms with van der Waals surface area (Å²) in [5.41, 5.74) is 5.66. The Labute approximate surface area is 95.4 Å². The van der Waals surface area contributed by atoms with Gasteiger partial charge in [0.1, 0.15) is 5.82 Å². The van der Waals surface area contributed by atoms with Crippen LogP contribution in [0.3, 0.4) is 0 Å². The zero-order chi connectivity index (χ0) is 11.5. The second-order valence-corrected chi connectivity index (χ2v) is 3.36. The second-order valence-electron chi connectivity index (χ2n) is 2.95. The number of rotatable bonds is 3. The van der Waals surface area contributed by atoms with Crippen molar-refractivity contribution in [2.75, 3.05) is 5.32 Å². The normalized spacial score (nSPS) is 10.4. The van der Waals surface area contributed by atoms with Gasteiger partial charge in [0.25, 0.3) is 0 Å². The summed E-state index contributed by atoms with van der Waals surface area (Å²) in [6.07, 6.45) is 0. The Bertz CT molecular complexity index is 502. The van der Waals surface area contributed by atoms with Gasteiger partial charge in [-0.25, -0.2) is 4.39 Å². The highest BCUT2D eigenvalue weighted by molar-refractivity contribution is 6.33. The average Bonchev–Trinajstić information content (AvgIpc) is 2.71. The lowest BCUT2D eigenvalue weighted by Crippen LogP contribution is -1.95. The van der Waals surface area contributed by atoms with E-state index in [1.807, 2.05) is 0 Å². The fourth-order valence-electron chi connectivity index (χ4n) is 1.10. The van der Waals surface area contributed by atoms with Gasteiger partial charge >= 0.3 is 6.01 Å². The fourth-order valence-corrected chi connectivity index (χ4v) is 1.26. The summed E-state index contributed by atoms with van der Waals surface area (Å²) < 4.78 is 18.0. The molecule has 2 rings (SSSR count). The molecule has 0 bridgehead atoms. The van der Waals surface area contributed by atoms with Gasteiger partial charge in [-0.2, -0.15) is 0 Å². The zero-order valence-electron chi connectivity index (χ0n) is 8.08. The molecule has 0 aliphatic rings. The molecule has 0 aliphatic carbocycles. The standard InChI is InChI=1S/C9H8ClFN4O/c10-6-2-1-5(11)3-7(6)13-9-15-14-8(4-12)16-9/h1-3H,4,12H2,(H,13,15). The molecule has 1 heterocycles. The molecule has 0 amide bonds. The molecule has 16 heavy (non-hydrogen) atoms. The molecular formula is C9H8ClFN4O. The van der Waals surface area contributed by atoms with Gasteiger partial charge in [0.2, 0.25) is 5.89 Å². The molecule has 0 fully saturated rings. The van der Waals surface area contributed by atoms with Crippen LogP contribution in [0.1, 0.15) is 5.89 Å². The van der Waals surface area contributed by atoms with Crippen molar-refractivity contribution in [3.8, 4) is 0 Å². The van der Waals surface area contributed by atoms with E-state index in [2.05, 4.69) is 15.5 Å². The summed E-state index contributed by atoms with van der Waals surface area (Å²) in [4.78, 5) is 0. The van der Waals surface area contributed by atoms with Crippen molar-refractivity contribution in [3.63, 3.8) is 0 Å². The van der Waals surface area contributed by atoms with E-state index < -0.39 is 5.82 Å². The van der Waals surface area contributed by atoms with Gasteiger partial charge in [-0.3, -0.25) is 0 Å². The molecule has 0 spiro atoms. The quantitative estimate of drug-likeness (QED) is 0.862. The lowest BCUT2D eigenvalue weighted by Gasteiger charge is -2.03. The Morgan fingerprint density at radius 3 is 2.94 bits per heavy atom. The van der Waals surface area contributed by atoms with E-state index in [1.54, 1.807) is 0 Å². The molecule has 0 atom stereocenters. The number of nitrogens with one attached hydrogen (secondary N) is 1. The summed E-state index contributed by atoms with van der Waals surface area (Å²) in [6, 6.07) is 4.04. The Hall–Kier alpha value is -1.66. The molecule has 1 aromatic carbocycles. The number of benzene rings is 1. The van der Waals surface area contributed by atoms with Crippen LogP contribution in [0.5, 0.6) is 0 Å². The molecule has 7 heteroatoms. The van der Waals surface area contributed by atoms with Crippen molar-refractivity contribution in [1.29, 1.82) is 0 Å². The van der Waals surface area contributed by atoms with E-state index in [0.717, 1.165) is 0 Å². The van der Waals surface area contributed by atoms with Crippen LogP contribution in [0, 0.1) is 5.82 Å². The smallest absolute Gasteiger partial charge is 0.320 e. The Morgan fingerprint density at radius 2 is 2.25 bits per heavy atom. The first-order chi connectivity index (χ1) is 7.69. The van der Waals surface area contributed by atoms with Crippen LogP contribution in [0.4, 0.5) is 16.1 Å². The second kappa shape index (κ2) is 4.46. The van der Waals surface area contributed by atoms with Crippen LogP contribution >= 0.6 is 11.6 Å². The molecule has 84 valence electrons. The van der Waals surface area contributed by atoms with Crippen molar-refractivity contribution < 1.29 is 8.81 Å². The molecular weight excluding hydrogens is 235 g/mol. The summed E-state index contributed by atoms with van der Waals surface area (Å²) in [6.45, 7) is 0.144. The molecule has 1 aromatic heterocycles. The van der Waals surface area contributed by atoms with Gasteiger partial charge in [0, 0.05) is 0 Å². The minimum atomic E-state index is -0.412. The number of nitrogens with zero attached hydrogens (tertiary/aromatic N) is 2. The Balaban J connectivity index is 2.22. The van der Waals surface area contributed by atoms with Crippen LogP contribution in [-0.2, 0) is 6.54 Å². The lowest BCUT2D eigenvalue weighted by molar-refractivity contribution is 0.511. The van der Waals surface area contributed by atoms with Crippen LogP contribution in [0.25, 0.3) is 0 Å². The van der Waals surface area contributed by atoms with E-state index in [1.165, 1.54) is 18.2 Å². The summed E-state index contributed by atoms with van der Waals surface area (Å²) >= 11 is 5.84. The number of aromatic nitrogens is 2. The predicted molar refractivity (Wildman–Crippen MR) is 56.9 cm³/mol. The molecule has 2 aromatic rings. The summed E-state index contributed by atoms with van der Waals surface area (Å²) in [7, 11) is 0. The van der Waals surface area contributed by atoms with Crippen LogP contribution in [0.2, 0.25) is 5.02 Å². The molecule has 0 unspecified atom stereocenters. The van der Waals surface area contributed by atoms with Crippen LogP contribution in [0.15, 0.2) is 22.6 Å². The van der Waals surface area contributed by atoms with Crippen molar-refractivity contribution >= 4 is 23.3 Å². The number of nitrogens with two attached hydrogens (primary N) is 1. The highest BCUT2D eigenvalue weighted by Crippen LogP contribution is 2.25. The molecule has 0 aliphatic heterocycles. The third-order valence-electron chi connectivity index (χ3n) is 1.81. The first kappa shape index (κ1) is 10.8. The van der Waals surface area contributed by atoms with Crippen LogP contribution in [-0.4, -0.2) is 10.2 Å². The Kier molecular flexibility index (Phi) is 3.02. The first-order valence-corrected chi connectivity index (χ1v) is 4.81. The number of hydrogen-bond acceptors (Lipinski definition) is 5. The average molecular weight is 243 g/mol. The SMILES string of the molecule is NCc1nnc(Nc2cc(F)ccc2Cl)o1. The van der Waals surface area contributed by atoms with E-state index in [9.17, 15) is 4.39 Å². The van der Waals surface area contributed by atoms with Crippen molar-refractivity contribution in [3.05, 3.63) is 34.9 Å². The molecule has 3 N–H and O–H groups in total. The predicted octanol–water partition coefficient (Wildman–Crippen LogP) is 2.06. The first-order valence-electron chi connectivity index (χ1n) is 4.43. The molecule has 0 saturated carbocycles. The van der Waals surface area contributed by atoms with E-state index in [4.69, 9.17) is 21.8 Å². The van der Waals surface area contributed by atoms with Crippen molar-refractivity contribution in [2.45, 2.75) is 6.54 Å². The molecule has 5 nitrogen and oxygen atoms in total. The van der Waals surface area contributed by atoms with Crippen molar-refractivity contribution in [1.82, 2.24) is 10.2 Å². The van der Waals surface area contributed by atoms with E-state index in [0.29, 0.717) is 10.7 Å². The van der Waals surface area contributed by atoms with Crippen LogP contribution < -0.4 is 11.1 Å².